The molecule has 2 aromatic heterocycles. The van der Waals surface area contributed by atoms with Crippen LogP contribution in [-0.4, -0.2) is 5.11 Å². The minimum absolute atomic E-state index is 0.343. The summed E-state index contributed by atoms with van der Waals surface area (Å²) in [5.74, 6) is 0.343. The van der Waals surface area contributed by atoms with E-state index in [-0.39, 0.29) is 0 Å². The number of aromatic nitrogens is 1. The standard InChI is InChI=1S/C19H15NO/c1-12-15-8-5-9-17(21)18(15)13(2)20-11-10-14-6-3-4-7-16(14)19(12)20/h3-11H,1-2H3/p+1. The molecule has 102 valence electrons. The summed E-state index contributed by atoms with van der Waals surface area (Å²) < 4.78 is 2.18. The van der Waals surface area contributed by atoms with Crippen LogP contribution in [0.1, 0.15) is 11.3 Å². The highest BCUT2D eigenvalue weighted by atomic mass is 16.3. The van der Waals surface area contributed by atoms with Gasteiger partial charge in [0.2, 0.25) is 5.52 Å². The molecule has 0 saturated heterocycles. The van der Waals surface area contributed by atoms with Crippen LogP contribution in [0.3, 0.4) is 0 Å². The largest absolute Gasteiger partial charge is 0.507 e. The monoisotopic (exact) mass is 274 g/mol. The molecule has 0 aliphatic heterocycles. The Hall–Kier alpha value is -2.61. The van der Waals surface area contributed by atoms with Crippen molar-refractivity contribution in [2.75, 3.05) is 0 Å². The fourth-order valence-electron chi connectivity index (χ4n) is 3.36. The second kappa shape index (κ2) is 4.19. The van der Waals surface area contributed by atoms with Crippen LogP contribution >= 0.6 is 0 Å². The molecule has 0 bridgehead atoms. The molecule has 2 nitrogen and oxygen atoms in total. The van der Waals surface area contributed by atoms with Crippen LogP contribution in [0.15, 0.2) is 54.7 Å². The maximum atomic E-state index is 10.2. The average molecular weight is 274 g/mol. The lowest BCUT2D eigenvalue weighted by Gasteiger charge is -2.09. The minimum Gasteiger partial charge on any atom is -0.507 e. The summed E-state index contributed by atoms with van der Waals surface area (Å²) in [7, 11) is 0. The Bertz CT molecular complexity index is 1020. The quantitative estimate of drug-likeness (QED) is 0.292. The molecule has 0 spiro atoms. The predicted molar refractivity (Wildman–Crippen MR) is 85.8 cm³/mol. The Morgan fingerprint density at radius 1 is 0.857 bits per heavy atom. The smallest absolute Gasteiger partial charge is 0.222 e. The lowest BCUT2D eigenvalue weighted by Crippen LogP contribution is -2.27. The van der Waals surface area contributed by atoms with Crippen LogP contribution in [0, 0.1) is 13.8 Å². The highest BCUT2D eigenvalue weighted by molar-refractivity contribution is 6.02. The van der Waals surface area contributed by atoms with Crippen LogP contribution < -0.4 is 4.40 Å². The molecule has 0 atom stereocenters. The summed E-state index contributed by atoms with van der Waals surface area (Å²) in [6.45, 7) is 4.19. The van der Waals surface area contributed by atoms with Crippen LogP contribution in [0.25, 0.3) is 27.1 Å². The molecule has 2 aromatic carbocycles. The van der Waals surface area contributed by atoms with Gasteiger partial charge < -0.3 is 5.11 Å². The molecular weight excluding hydrogens is 258 g/mol. The van der Waals surface area contributed by atoms with Crippen LogP contribution in [0.2, 0.25) is 0 Å². The first-order valence-corrected chi connectivity index (χ1v) is 7.12. The van der Waals surface area contributed by atoms with Crippen molar-refractivity contribution in [2.24, 2.45) is 0 Å². The lowest BCUT2D eigenvalue weighted by molar-refractivity contribution is -0.517. The number of phenolic OH excluding ortho intramolecular Hbond substituents is 1. The number of rotatable bonds is 0. The van der Waals surface area contributed by atoms with Crippen molar-refractivity contribution < 1.29 is 9.51 Å². The molecular formula is C19H16NO+. The summed E-state index contributed by atoms with van der Waals surface area (Å²) in [6.07, 6.45) is 2.09. The van der Waals surface area contributed by atoms with E-state index in [0.717, 1.165) is 16.5 Å². The van der Waals surface area contributed by atoms with Crippen molar-refractivity contribution in [3.63, 3.8) is 0 Å². The number of aryl methyl sites for hydroxylation is 2. The first-order valence-electron chi connectivity index (χ1n) is 7.12. The van der Waals surface area contributed by atoms with Crippen LogP contribution in [-0.2, 0) is 0 Å². The number of hydrogen-bond donors (Lipinski definition) is 1. The predicted octanol–water partition coefficient (Wildman–Crippen LogP) is 4.05. The number of hydrogen-bond acceptors (Lipinski definition) is 1. The number of fused-ring (bicyclic) bond motifs is 4. The molecule has 0 radical (unpaired) electrons. The molecule has 0 fully saturated rings. The van der Waals surface area contributed by atoms with Gasteiger partial charge in [0.1, 0.15) is 5.75 Å². The Kier molecular flexibility index (Phi) is 2.43. The van der Waals surface area contributed by atoms with Gasteiger partial charge in [-0.1, -0.05) is 30.3 Å². The Morgan fingerprint density at radius 3 is 2.48 bits per heavy atom. The Morgan fingerprint density at radius 2 is 1.62 bits per heavy atom. The zero-order chi connectivity index (χ0) is 14.6. The van der Waals surface area contributed by atoms with Gasteiger partial charge in [-0.3, -0.25) is 0 Å². The van der Waals surface area contributed by atoms with Crippen LogP contribution in [0.5, 0.6) is 5.75 Å². The van der Waals surface area contributed by atoms with Gasteiger partial charge in [-0.05, 0) is 24.4 Å². The molecule has 2 heterocycles. The van der Waals surface area contributed by atoms with Crippen molar-refractivity contribution in [3.8, 4) is 5.75 Å². The topological polar surface area (TPSA) is 24.3 Å². The second-order valence-corrected chi connectivity index (χ2v) is 5.53. The second-order valence-electron chi connectivity index (χ2n) is 5.53. The molecule has 1 N–H and O–H groups in total. The summed E-state index contributed by atoms with van der Waals surface area (Å²) in [6, 6.07) is 16.3. The van der Waals surface area contributed by atoms with Gasteiger partial charge in [-0.2, -0.15) is 4.40 Å². The van der Waals surface area contributed by atoms with Gasteiger partial charge >= 0.3 is 0 Å². The van der Waals surface area contributed by atoms with E-state index in [1.807, 2.05) is 6.07 Å². The number of aromatic hydroxyl groups is 1. The normalized spacial score (nSPS) is 11.5. The highest BCUT2D eigenvalue weighted by Gasteiger charge is 2.20. The summed E-state index contributed by atoms with van der Waals surface area (Å²) in [5, 5.41) is 14.8. The first kappa shape index (κ1) is 12.2. The SMILES string of the molecule is Cc1c2cccc(O)c2c(C)[n+]2ccc3ccccc3c12. The molecule has 0 aliphatic rings. The third-order valence-corrected chi connectivity index (χ3v) is 4.38. The molecule has 4 rings (SSSR count). The van der Waals surface area contributed by atoms with E-state index in [1.54, 1.807) is 6.07 Å². The van der Waals surface area contributed by atoms with Gasteiger partial charge in [0, 0.05) is 23.9 Å². The average Bonchev–Trinajstić information content (AvgIpc) is 2.51. The lowest BCUT2D eigenvalue weighted by atomic mass is 9.99. The number of phenols is 1. The van der Waals surface area contributed by atoms with Gasteiger partial charge in [0.15, 0.2) is 11.9 Å². The van der Waals surface area contributed by atoms with E-state index in [9.17, 15) is 5.11 Å². The van der Waals surface area contributed by atoms with Gasteiger partial charge in [-0.25, -0.2) is 0 Å². The summed E-state index contributed by atoms with van der Waals surface area (Å²) in [5.41, 5.74) is 3.47. The minimum atomic E-state index is 0.343. The van der Waals surface area contributed by atoms with Gasteiger partial charge in [-0.15, -0.1) is 0 Å². The molecule has 4 aromatic rings. The fraction of sp³-hybridized carbons (Fsp3) is 0.105. The van der Waals surface area contributed by atoms with Crippen molar-refractivity contribution in [1.29, 1.82) is 0 Å². The van der Waals surface area contributed by atoms with Crippen molar-refractivity contribution >= 4 is 27.1 Å². The summed E-state index contributed by atoms with van der Waals surface area (Å²) in [4.78, 5) is 0. The van der Waals surface area contributed by atoms with E-state index in [2.05, 4.69) is 60.8 Å². The number of nitrogens with zero attached hydrogens (tertiary/aromatic N) is 1. The molecule has 0 unspecified atom stereocenters. The van der Waals surface area contributed by atoms with Gasteiger partial charge in [0.25, 0.3) is 0 Å². The van der Waals surface area contributed by atoms with E-state index in [0.29, 0.717) is 5.75 Å². The van der Waals surface area contributed by atoms with E-state index >= 15 is 0 Å². The maximum absolute atomic E-state index is 10.2. The van der Waals surface area contributed by atoms with Crippen molar-refractivity contribution in [3.05, 3.63) is 66.0 Å². The molecule has 2 heteroatoms. The van der Waals surface area contributed by atoms with Gasteiger partial charge in [0.05, 0.1) is 10.8 Å². The third-order valence-electron chi connectivity index (χ3n) is 4.38. The van der Waals surface area contributed by atoms with E-state index < -0.39 is 0 Å². The number of benzene rings is 2. The zero-order valence-corrected chi connectivity index (χ0v) is 12.1. The zero-order valence-electron chi connectivity index (χ0n) is 12.1. The molecule has 0 saturated carbocycles. The maximum Gasteiger partial charge on any atom is 0.222 e. The molecule has 0 aliphatic carbocycles. The number of pyridine rings is 2. The van der Waals surface area contributed by atoms with E-state index in [4.69, 9.17) is 0 Å². The molecule has 21 heavy (non-hydrogen) atoms. The summed E-state index contributed by atoms with van der Waals surface area (Å²) >= 11 is 0. The fourth-order valence-corrected chi connectivity index (χ4v) is 3.36. The van der Waals surface area contributed by atoms with Crippen molar-refractivity contribution in [1.82, 2.24) is 0 Å². The van der Waals surface area contributed by atoms with Crippen LogP contribution in [0.4, 0.5) is 0 Å². The third kappa shape index (κ3) is 1.56. The highest BCUT2D eigenvalue weighted by Crippen LogP contribution is 2.31. The Labute approximate surface area is 122 Å². The van der Waals surface area contributed by atoms with Crippen molar-refractivity contribution in [2.45, 2.75) is 13.8 Å². The Balaban J connectivity index is 2.38. The molecule has 0 amide bonds. The first-order chi connectivity index (χ1) is 10.2. The van der Waals surface area contributed by atoms with E-state index in [1.165, 1.54) is 21.9 Å².